The Labute approximate surface area is 192 Å². The van der Waals surface area contributed by atoms with Gasteiger partial charge >= 0.3 is 0 Å². The van der Waals surface area contributed by atoms with E-state index in [4.69, 9.17) is 16.3 Å². The molecule has 1 fully saturated rings. The highest BCUT2D eigenvalue weighted by Crippen LogP contribution is 2.26. The third-order valence-corrected chi connectivity index (χ3v) is 6.64. The molecule has 2 N–H and O–H groups in total. The average molecular weight is 484 g/mol. The second-order valence-electron chi connectivity index (χ2n) is 8.11. The Balaban J connectivity index is 1.64. The van der Waals surface area contributed by atoms with Crippen molar-refractivity contribution in [3.05, 3.63) is 58.9 Å². The van der Waals surface area contributed by atoms with Crippen molar-refractivity contribution in [1.29, 1.82) is 0 Å². The van der Waals surface area contributed by atoms with E-state index in [1.165, 1.54) is 18.2 Å². The van der Waals surface area contributed by atoms with Crippen molar-refractivity contribution in [1.82, 2.24) is 10.2 Å². The smallest absolute Gasteiger partial charge is 0.261 e. The number of anilines is 1. The highest BCUT2D eigenvalue weighted by atomic mass is 35.5. The van der Waals surface area contributed by atoms with E-state index in [1.54, 1.807) is 0 Å². The molecule has 0 aliphatic carbocycles. The van der Waals surface area contributed by atoms with E-state index in [9.17, 15) is 17.6 Å². The number of halogens is 2. The van der Waals surface area contributed by atoms with Gasteiger partial charge in [0.25, 0.3) is 15.9 Å². The molecule has 7 nitrogen and oxygen atoms in total. The lowest BCUT2D eigenvalue weighted by Crippen LogP contribution is -2.48. The van der Waals surface area contributed by atoms with Gasteiger partial charge in [-0.05, 0) is 48.4 Å². The predicted octanol–water partition coefficient (Wildman–Crippen LogP) is 3.37. The standard InChI is InChI=1S/C22H27ClFN3O4S/c1-15(2)13-27-9-10-31-18(14-27)12-25-22(28)16-3-8-20(23)21(11-16)26-32(29,30)19-6-4-17(24)5-7-19/h3-8,11,15,18,26H,9-10,12-14H2,1-2H3,(H,25,28). The fraction of sp³-hybridized carbons (Fsp3) is 0.409. The second kappa shape index (κ2) is 10.6. The van der Waals surface area contributed by atoms with Crippen molar-refractivity contribution < 1.29 is 22.3 Å². The summed E-state index contributed by atoms with van der Waals surface area (Å²) in [7, 11) is -4.00. The monoisotopic (exact) mass is 483 g/mol. The molecule has 10 heteroatoms. The van der Waals surface area contributed by atoms with Crippen LogP contribution in [0.25, 0.3) is 0 Å². The molecule has 0 radical (unpaired) electrons. The number of hydrogen-bond acceptors (Lipinski definition) is 5. The maximum Gasteiger partial charge on any atom is 0.261 e. The van der Waals surface area contributed by atoms with Gasteiger partial charge in [-0.1, -0.05) is 25.4 Å². The first-order valence-corrected chi connectivity index (χ1v) is 12.2. The number of benzene rings is 2. The summed E-state index contributed by atoms with van der Waals surface area (Å²) in [5.41, 5.74) is 0.307. The van der Waals surface area contributed by atoms with Crippen LogP contribution in [0.4, 0.5) is 10.1 Å². The SMILES string of the molecule is CC(C)CN1CCOC(CNC(=O)c2ccc(Cl)c(NS(=O)(=O)c3ccc(F)cc3)c2)C1. The summed E-state index contributed by atoms with van der Waals surface area (Å²) in [5.74, 6) is -0.363. The van der Waals surface area contributed by atoms with Crippen molar-refractivity contribution in [3.8, 4) is 0 Å². The van der Waals surface area contributed by atoms with Gasteiger partial charge in [-0.2, -0.15) is 0 Å². The van der Waals surface area contributed by atoms with Crippen molar-refractivity contribution in [2.75, 3.05) is 37.5 Å². The zero-order chi connectivity index (χ0) is 23.3. The third kappa shape index (κ3) is 6.65. The molecule has 1 unspecified atom stereocenters. The fourth-order valence-electron chi connectivity index (χ4n) is 3.46. The molecule has 1 aliphatic rings. The summed E-state index contributed by atoms with van der Waals surface area (Å²) < 4.78 is 46.3. The van der Waals surface area contributed by atoms with Gasteiger partial charge in [0.05, 0.1) is 28.3 Å². The van der Waals surface area contributed by atoms with Gasteiger partial charge in [0.15, 0.2) is 0 Å². The average Bonchev–Trinajstić information content (AvgIpc) is 2.73. The number of hydrogen-bond donors (Lipinski definition) is 2. The summed E-state index contributed by atoms with van der Waals surface area (Å²) in [6, 6.07) is 8.72. The summed E-state index contributed by atoms with van der Waals surface area (Å²) in [6.45, 7) is 7.86. The molecule has 0 bridgehead atoms. The number of carbonyl (C=O) groups excluding carboxylic acids is 1. The van der Waals surface area contributed by atoms with Gasteiger partial charge in [0.2, 0.25) is 0 Å². The highest BCUT2D eigenvalue weighted by Gasteiger charge is 2.22. The fourth-order valence-corrected chi connectivity index (χ4v) is 4.75. The number of ether oxygens (including phenoxy) is 1. The molecule has 0 saturated carbocycles. The van der Waals surface area contributed by atoms with Crippen molar-refractivity contribution in [2.24, 2.45) is 5.92 Å². The Hall–Kier alpha value is -2.20. The van der Waals surface area contributed by atoms with Crippen LogP contribution in [0.2, 0.25) is 5.02 Å². The van der Waals surface area contributed by atoms with Gasteiger partial charge in [-0.25, -0.2) is 12.8 Å². The minimum Gasteiger partial charge on any atom is -0.374 e. The number of amides is 1. The molecule has 0 aromatic heterocycles. The molecule has 2 aromatic rings. The lowest BCUT2D eigenvalue weighted by atomic mass is 10.1. The Morgan fingerprint density at radius 2 is 1.97 bits per heavy atom. The molecule has 174 valence electrons. The molecule has 1 aliphatic heterocycles. The predicted molar refractivity (Wildman–Crippen MR) is 122 cm³/mol. The number of rotatable bonds is 8. The van der Waals surface area contributed by atoms with E-state index >= 15 is 0 Å². The van der Waals surface area contributed by atoms with E-state index in [2.05, 4.69) is 28.8 Å². The van der Waals surface area contributed by atoms with Crippen molar-refractivity contribution in [2.45, 2.75) is 24.8 Å². The van der Waals surface area contributed by atoms with Crippen molar-refractivity contribution in [3.63, 3.8) is 0 Å². The normalized spacial score (nSPS) is 17.3. The first-order valence-electron chi connectivity index (χ1n) is 10.3. The van der Waals surface area contributed by atoms with E-state index in [0.717, 1.165) is 43.9 Å². The van der Waals surface area contributed by atoms with Crippen LogP contribution in [0, 0.1) is 11.7 Å². The summed E-state index contributed by atoms with van der Waals surface area (Å²) in [6.07, 6.45) is -0.116. The molecule has 2 aromatic carbocycles. The van der Waals surface area contributed by atoms with E-state index in [1.807, 2.05) is 0 Å². The first kappa shape index (κ1) is 24.4. The Kier molecular flexibility index (Phi) is 8.10. The highest BCUT2D eigenvalue weighted by molar-refractivity contribution is 7.92. The van der Waals surface area contributed by atoms with E-state index < -0.39 is 15.8 Å². The lowest BCUT2D eigenvalue weighted by molar-refractivity contribution is -0.0295. The Morgan fingerprint density at radius 1 is 1.25 bits per heavy atom. The van der Waals surface area contributed by atoms with Crippen LogP contribution < -0.4 is 10.0 Å². The molecule has 1 saturated heterocycles. The zero-order valence-corrected chi connectivity index (χ0v) is 19.5. The van der Waals surface area contributed by atoms with Gasteiger partial charge in [-0.3, -0.25) is 14.4 Å². The molecular weight excluding hydrogens is 457 g/mol. The van der Waals surface area contributed by atoms with Gasteiger partial charge < -0.3 is 10.1 Å². The summed E-state index contributed by atoms with van der Waals surface area (Å²) >= 11 is 6.13. The minimum atomic E-state index is -4.00. The summed E-state index contributed by atoms with van der Waals surface area (Å²) in [5, 5.41) is 2.97. The topological polar surface area (TPSA) is 87.7 Å². The minimum absolute atomic E-state index is 0.0562. The van der Waals surface area contributed by atoms with Gasteiger partial charge in [0.1, 0.15) is 5.82 Å². The molecule has 1 atom stereocenters. The molecule has 32 heavy (non-hydrogen) atoms. The van der Waals surface area contributed by atoms with Crippen LogP contribution in [0.15, 0.2) is 47.4 Å². The Morgan fingerprint density at radius 3 is 2.66 bits per heavy atom. The van der Waals surface area contributed by atoms with E-state index in [-0.39, 0.29) is 33.2 Å². The van der Waals surface area contributed by atoms with Gasteiger partial charge in [0, 0.05) is 31.7 Å². The number of nitrogens with zero attached hydrogens (tertiary/aromatic N) is 1. The van der Waals surface area contributed by atoms with Crippen LogP contribution in [0.3, 0.4) is 0 Å². The maximum absolute atomic E-state index is 13.1. The third-order valence-electron chi connectivity index (χ3n) is 4.93. The largest absolute Gasteiger partial charge is 0.374 e. The lowest BCUT2D eigenvalue weighted by Gasteiger charge is -2.33. The number of nitrogens with one attached hydrogen (secondary N) is 2. The number of morpholine rings is 1. The maximum atomic E-state index is 13.1. The second-order valence-corrected chi connectivity index (χ2v) is 10.2. The molecular formula is C22H27ClFN3O4S. The zero-order valence-electron chi connectivity index (χ0n) is 18.0. The number of carbonyl (C=O) groups is 1. The van der Waals surface area contributed by atoms with Crippen LogP contribution in [-0.4, -0.2) is 58.1 Å². The van der Waals surface area contributed by atoms with Crippen LogP contribution >= 0.6 is 11.6 Å². The van der Waals surface area contributed by atoms with Crippen LogP contribution in [0.1, 0.15) is 24.2 Å². The molecule has 1 amide bonds. The quantitative estimate of drug-likeness (QED) is 0.601. The molecule has 0 spiro atoms. The molecule has 1 heterocycles. The van der Waals surface area contributed by atoms with Crippen LogP contribution in [-0.2, 0) is 14.8 Å². The van der Waals surface area contributed by atoms with E-state index in [0.29, 0.717) is 19.1 Å². The van der Waals surface area contributed by atoms with Crippen LogP contribution in [0.5, 0.6) is 0 Å². The number of sulfonamides is 1. The van der Waals surface area contributed by atoms with Crippen molar-refractivity contribution >= 4 is 33.2 Å². The molecule has 3 rings (SSSR count). The first-order chi connectivity index (χ1) is 15.1. The van der Waals surface area contributed by atoms with Gasteiger partial charge in [-0.15, -0.1) is 0 Å². The summed E-state index contributed by atoms with van der Waals surface area (Å²) in [4.78, 5) is 14.8. The Bertz CT molecular complexity index is 1050.